The zero-order valence-electron chi connectivity index (χ0n) is 19.2. The third-order valence-electron chi connectivity index (χ3n) is 5.17. The Hall–Kier alpha value is -2.45. The summed E-state index contributed by atoms with van der Waals surface area (Å²) >= 11 is 6.78. The van der Waals surface area contributed by atoms with E-state index in [0.29, 0.717) is 45.1 Å². The van der Waals surface area contributed by atoms with Gasteiger partial charge in [0.1, 0.15) is 5.00 Å². The van der Waals surface area contributed by atoms with E-state index in [9.17, 15) is 9.59 Å². The van der Waals surface area contributed by atoms with Gasteiger partial charge in [0.05, 0.1) is 17.6 Å². The molecule has 0 saturated carbocycles. The van der Waals surface area contributed by atoms with E-state index in [1.807, 2.05) is 32.9 Å². The number of esters is 1. The van der Waals surface area contributed by atoms with Crippen molar-refractivity contribution in [3.8, 4) is 0 Å². The number of carbonyl (C=O) groups is 2. The predicted molar refractivity (Wildman–Crippen MR) is 133 cm³/mol. The molecule has 0 aliphatic rings. The number of ether oxygens (including phenoxy) is 1. The molecular formula is C23H31N3O3S2. The minimum atomic E-state index is -0.503. The smallest absolute Gasteiger partial charge is 0.341 e. The van der Waals surface area contributed by atoms with Gasteiger partial charge in [-0.15, -0.1) is 11.3 Å². The Morgan fingerprint density at radius 2 is 1.81 bits per heavy atom. The Kier molecular flexibility index (Phi) is 8.59. The number of nitrogens with one attached hydrogen (secondary N) is 2. The van der Waals surface area contributed by atoms with E-state index in [1.165, 1.54) is 18.4 Å². The Morgan fingerprint density at radius 1 is 1.16 bits per heavy atom. The number of methoxy groups -OCH3 is 1. The number of carbonyl (C=O) groups excluding carboxylic acids is 2. The van der Waals surface area contributed by atoms with Gasteiger partial charge in [0.25, 0.3) is 5.91 Å². The van der Waals surface area contributed by atoms with Crippen LogP contribution in [0.2, 0.25) is 0 Å². The van der Waals surface area contributed by atoms with E-state index < -0.39 is 5.97 Å². The van der Waals surface area contributed by atoms with Crippen LogP contribution in [0.1, 0.15) is 70.3 Å². The zero-order chi connectivity index (χ0) is 23.3. The standard InChI is InChI=1S/C23H31N3O3S2/c1-8-26(9-2)21(27)19-15(6)17(22(28)29-7)20(31-19)25-23(30)24-18-14(5)11-10-12-16(18)13(3)4/h10-13H,8-9H2,1-7H3,(H2,24,25,30). The average Bonchev–Trinajstić information content (AvgIpc) is 3.05. The summed E-state index contributed by atoms with van der Waals surface area (Å²) in [4.78, 5) is 27.7. The summed E-state index contributed by atoms with van der Waals surface area (Å²) in [5.41, 5.74) is 4.10. The second-order valence-corrected chi connectivity index (χ2v) is 8.93. The number of amides is 1. The molecule has 0 radical (unpaired) electrons. The van der Waals surface area contributed by atoms with Crippen molar-refractivity contribution in [2.45, 2.75) is 47.5 Å². The lowest BCUT2D eigenvalue weighted by molar-refractivity contribution is 0.0601. The van der Waals surface area contributed by atoms with Crippen LogP contribution in [0.4, 0.5) is 10.7 Å². The molecule has 0 aliphatic carbocycles. The predicted octanol–water partition coefficient (Wildman–Crippen LogP) is 5.57. The number of rotatable bonds is 7. The molecule has 1 aromatic carbocycles. The number of aryl methyl sites for hydroxylation is 1. The SMILES string of the molecule is CCN(CC)C(=O)c1sc(NC(=S)Nc2c(C)cccc2C(C)C)c(C(=O)OC)c1C. The Balaban J connectivity index is 2.41. The van der Waals surface area contributed by atoms with Crippen molar-refractivity contribution in [1.29, 1.82) is 0 Å². The maximum atomic E-state index is 13.0. The highest BCUT2D eigenvalue weighted by Gasteiger charge is 2.27. The minimum Gasteiger partial charge on any atom is -0.465 e. The van der Waals surface area contributed by atoms with Crippen LogP contribution in [0.25, 0.3) is 0 Å². The van der Waals surface area contributed by atoms with E-state index in [0.717, 1.165) is 16.8 Å². The second kappa shape index (κ2) is 10.7. The van der Waals surface area contributed by atoms with E-state index in [-0.39, 0.29) is 5.91 Å². The maximum absolute atomic E-state index is 13.0. The fraction of sp³-hybridized carbons (Fsp3) is 0.435. The zero-order valence-corrected chi connectivity index (χ0v) is 20.8. The fourth-order valence-corrected chi connectivity index (χ4v) is 4.83. The number of benzene rings is 1. The fourth-order valence-electron chi connectivity index (χ4n) is 3.40. The van der Waals surface area contributed by atoms with Gasteiger partial charge in [0.15, 0.2) is 5.11 Å². The van der Waals surface area contributed by atoms with Crippen molar-refractivity contribution >= 4 is 51.2 Å². The first kappa shape index (κ1) is 24.8. The Labute approximate surface area is 194 Å². The molecule has 2 N–H and O–H groups in total. The van der Waals surface area contributed by atoms with Crippen molar-refractivity contribution in [2.75, 3.05) is 30.8 Å². The monoisotopic (exact) mass is 461 g/mol. The first-order chi connectivity index (χ1) is 14.7. The van der Waals surface area contributed by atoms with Gasteiger partial charge in [-0.05, 0) is 62.5 Å². The molecule has 1 heterocycles. The molecule has 0 aliphatic heterocycles. The lowest BCUT2D eigenvalue weighted by Crippen LogP contribution is -2.30. The van der Waals surface area contributed by atoms with Crippen LogP contribution in [0.3, 0.4) is 0 Å². The molecule has 1 amide bonds. The third-order valence-corrected chi connectivity index (χ3v) is 6.57. The van der Waals surface area contributed by atoms with Crippen LogP contribution in [0.15, 0.2) is 18.2 Å². The number of para-hydroxylation sites is 1. The van der Waals surface area contributed by atoms with Gasteiger partial charge in [-0.2, -0.15) is 0 Å². The van der Waals surface area contributed by atoms with E-state index in [4.69, 9.17) is 17.0 Å². The summed E-state index contributed by atoms with van der Waals surface area (Å²) in [5, 5.41) is 7.25. The number of thiocarbonyl (C=S) groups is 1. The van der Waals surface area contributed by atoms with Crippen molar-refractivity contribution in [3.63, 3.8) is 0 Å². The first-order valence-corrected chi connectivity index (χ1v) is 11.6. The van der Waals surface area contributed by atoms with Gasteiger partial charge in [-0.25, -0.2) is 4.79 Å². The van der Waals surface area contributed by atoms with Crippen LogP contribution in [0.5, 0.6) is 0 Å². The lowest BCUT2D eigenvalue weighted by Gasteiger charge is -2.18. The molecule has 6 nitrogen and oxygen atoms in total. The average molecular weight is 462 g/mol. The van der Waals surface area contributed by atoms with Crippen LogP contribution < -0.4 is 10.6 Å². The number of hydrogen-bond donors (Lipinski definition) is 2. The molecule has 1 aromatic heterocycles. The largest absolute Gasteiger partial charge is 0.465 e. The summed E-state index contributed by atoms with van der Waals surface area (Å²) in [7, 11) is 1.33. The van der Waals surface area contributed by atoms with Crippen LogP contribution in [-0.4, -0.2) is 42.1 Å². The molecule has 0 fully saturated rings. The highest BCUT2D eigenvalue weighted by atomic mass is 32.1. The molecule has 0 saturated heterocycles. The molecule has 0 unspecified atom stereocenters. The van der Waals surface area contributed by atoms with Crippen molar-refractivity contribution in [2.24, 2.45) is 0 Å². The summed E-state index contributed by atoms with van der Waals surface area (Å²) in [6, 6.07) is 6.11. The van der Waals surface area contributed by atoms with Gasteiger partial charge >= 0.3 is 5.97 Å². The Morgan fingerprint density at radius 3 is 2.35 bits per heavy atom. The van der Waals surface area contributed by atoms with E-state index in [1.54, 1.807) is 11.8 Å². The van der Waals surface area contributed by atoms with E-state index in [2.05, 4.69) is 30.5 Å². The molecular weight excluding hydrogens is 430 g/mol. The van der Waals surface area contributed by atoms with Crippen molar-refractivity contribution < 1.29 is 14.3 Å². The minimum absolute atomic E-state index is 0.106. The van der Waals surface area contributed by atoms with Crippen LogP contribution >= 0.6 is 23.6 Å². The summed E-state index contributed by atoms with van der Waals surface area (Å²) in [5.74, 6) is -0.292. The molecule has 168 valence electrons. The van der Waals surface area contributed by atoms with Crippen molar-refractivity contribution in [3.05, 3.63) is 45.3 Å². The molecule has 8 heteroatoms. The number of thiophene rings is 1. The highest BCUT2D eigenvalue weighted by Crippen LogP contribution is 2.35. The topological polar surface area (TPSA) is 70.7 Å². The molecule has 0 bridgehead atoms. The molecule has 0 atom stereocenters. The number of hydrogen-bond acceptors (Lipinski definition) is 5. The van der Waals surface area contributed by atoms with Gasteiger partial charge in [-0.3, -0.25) is 4.79 Å². The van der Waals surface area contributed by atoms with Crippen molar-refractivity contribution in [1.82, 2.24) is 4.90 Å². The maximum Gasteiger partial charge on any atom is 0.341 e. The molecule has 0 spiro atoms. The molecule has 2 aromatic rings. The summed E-state index contributed by atoms with van der Waals surface area (Å²) < 4.78 is 4.97. The van der Waals surface area contributed by atoms with Crippen LogP contribution in [-0.2, 0) is 4.74 Å². The van der Waals surface area contributed by atoms with Gasteiger partial charge in [0, 0.05) is 18.8 Å². The normalized spacial score (nSPS) is 10.7. The third kappa shape index (κ3) is 5.43. The Bertz CT molecular complexity index is 979. The summed E-state index contributed by atoms with van der Waals surface area (Å²) in [6.45, 7) is 13.1. The number of nitrogens with zero attached hydrogens (tertiary/aromatic N) is 1. The van der Waals surface area contributed by atoms with E-state index >= 15 is 0 Å². The number of anilines is 2. The van der Waals surface area contributed by atoms with Gasteiger partial charge in [0.2, 0.25) is 0 Å². The molecule has 2 rings (SSSR count). The first-order valence-electron chi connectivity index (χ1n) is 10.3. The lowest BCUT2D eigenvalue weighted by atomic mass is 9.98. The molecule has 31 heavy (non-hydrogen) atoms. The van der Waals surface area contributed by atoms with Gasteiger partial charge in [-0.1, -0.05) is 32.0 Å². The van der Waals surface area contributed by atoms with Gasteiger partial charge < -0.3 is 20.3 Å². The summed E-state index contributed by atoms with van der Waals surface area (Å²) in [6.07, 6.45) is 0. The van der Waals surface area contributed by atoms with Crippen LogP contribution in [0, 0.1) is 13.8 Å². The highest BCUT2D eigenvalue weighted by molar-refractivity contribution is 7.80. The quantitative estimate of drug-likeness (QED) is 0.415. The second-order valence-electron chi connectivity index (χ2n) is 7.50.